The Bertz CT molecular complexity index is 999. The number of aromatic nitrogens is 1. The van der Waals surface area contributed by atoms with Crippen LogP contribution in [0.4, 0.5) is 5.69 Å². The van der Waals surface area contributed by atoms with Crippen molar-refractivity contribution in [2.45, 2.75) is 6.10 Å². The zero-order valence-electron chi connectivity index (χ0n) is 12.8. The average molecular weight is 402 g/mol. The number of azo groups is 1. The van der Waals surface area contributed by atoms with E-state index in [1.54, 1.807) is 30.3 Å². The van der Waals surface area contributed by atoms with Gasteiger partial charge in [0.25, 0.3) is 0 Å². The zero-order chi connectivity index (χ0) is 17.4. The summed E-state index contributed by atoms with van der Waals surface area (Å²) in [5.41, 5.74) is 0.884. The van der Waals surface area contributed by atoms with Crippen LogP contribution >= 0.6 is 15.9 Å². The number of amides is 1. The molecule has 2 heterocycles. The third kappa shape index (κ3) is 2.96. The van der Waals surface area contributed by atoms with E-state index in [0.717, 1.165) is 4.47 Å². The molecule has 25 heavy (non-hydrogen) atoms. The van der Waals surface area contributed by atoms with Gasteiger partial charge in [-0.2, -0.15) is 0 Å². The van der Waals surface area contributed by atoms with Gasteiger partial charge < -0.3 is 19.6 Å². The van der Waals surface area contributed by atoms with Crippen LogP contribution in [0.5, 0.6) is 17.4 Å². The molecule has 0 saturated carbocycles. The highest BCUT2D eigenvalue weighted by Crippen LogP contribution is 2.37. The van der Waals surface area contributed by atoms with Gasteiger partial charge in [-0.25, -0.2) is 0 Å². The molecule has 3 aromatic rings. The van der Waals surface area contributed by atoms with Gasteiger partial charge in [-0.05, 0) is 30.3 Å². The van der Waals surface area contributed by atoms with Crippen molar-refractivity contribution in [3.8, 4) is 17.4 Å². The minimum Gasteiger partial charge on any atom is -0.493 e. The standard InChI is InChI=1S/C17H12BrN3O4/c18-9-5-6-11-10(7-9)15(17(23)19-11)20-21-16(22)14-8-24-12-3-1-2-4-13(12)25-14/h1-7,14,19,23H,8H2/t14-/m0/s1. The number of ether oxygens (including phenoxy) is 2. The molecule has 1 amide bonds. The van der Waals surface area contributed by atoms with Crippen molar-refractivity contribution in [2.24, 2.45) is 10.2 Å². The van der Waals surface area contributed by atoms with E-state index in [4.69, 9.17) is 9.47 Å². The topological polar surface area (TPSA) is 96.3 Å². The summed E-state index contributed by atoms with van der Waals surface area (Å²) in [4.78, 5) is 15.0. The van der Waals surface area contributed by atoms with Crippen LogP contribution in [-0.2, 0) is 4.79 Å². The third-order valence-electron chi connectivity index (χ3n) is 3.75. The fourth-order valence-electron chi connectivity index (χ4n) is 2.54. The van der Waals surface area contributed by atoms with Crippen LogP contribution in [0.3, 0.4) is 0 Å². The third-order valence-corrected chi connectivity index (χ3v) is 4.24. The molecule has 1 aromatic heterocycles. The summed E-state index contributed by atoms with van der Waals surface area (Å²) in [6.07, 6.45) is -0.877. The van der Waals surface area contributed by atoms with Gasteiger partial charge in [0, 0.05) is 9.86 Å². The van der Waals surface area contributed by atoms with E-state index in [9.17, 15) is 9.90 Å². The smallest absolute Gasteiger partial charge is 0.308 e. The molecule has 126 valence electrons. The lowest BCUT2D eigenvalue weighted by Crippen LogP contribution is -2.35. The molecule has 0 bridgehead atoms. The first-order chi connectivity index (χ1) is 12.1. The molecule has 1 atom stereocenters. The number of aromatic amines is 1. The molecule has 4 rings (SSSR count). The normalized spacial score (nSPS) is 16.4. The highest BCUT2D eigenvalue weighted by molar-refractivity contribution is 9.10. The summed E-state index contributed by atoms with van der Waals surface area (Å²) in [7, 11) is 0. The van der Waals surface area contributed by atoms with Gasteiger partial charge >= 0.3 is 5.91 Å². The summed E-state index contributed by atoms with van der Waals surface area (Å²) in [6, 6.07) is 12.5. The summed E-state index contributed by atoms with van der Waals surface area (Å²) < 4.78 is 11.9. The van der Waals surface area contributed by atoms with E-state index in [1.165, 1.54) is 0 Å². The number of hydrogen-bond donors (Lipinski definition) is 2. The van der Waals surface area contributed by atoms with Crippen LogP contribution < -0.4 is 9.47 Å². The highest BCUT2D eigenvalue weighted by atomic mass is 79.9. The molecule has 8 heteroatoms. The highest BCUT2D eigenvalue weighted by Gasteiger charge is 2.27. The second-order valence-electron chi connectivity index (χ2n) is 5.41. The number of nitrogens with one attached hydrogen (secondary N) is 1. The van der Waals surface area contributed by atoms with Crippen molar-refractivity contribution >= 4 is 38.4 Å². The maximum Gasteiger partial charge on any atom is 0.308 e. The first-order valence-electron chi connectivity index (χ1n) is 7.46. The predicted octanol–water partition coefficient (Wildman–Crippen LogP) is 4.09. The van der Waals surface area contributed by atoms with E-state index in [-0.39, 0.29) is 18.2 Å². The van der Waals surface area contributed by atoms with Gasteiger partial charge in [0.15, 0.2) is 17.2 Å². The summed E-state index contributed by atoms with van der Waals surface area (Å²) in [6.45, 7) is 0.0558. The lowest BCUT2D eigenvalue weighted by Gasteiger charge is -2.23. The number of H-pyrrole nitrogens is 1. The Morgan fingerprint density at radius 2 is 2.04 bits per heavy atom. The van der Waals surface area contributed by atoms with Gasteiger partial charge in [-0.1, -0.05) is 28.1 Å². The van der Waals surface area contributed by atoms with Crippen molar-refractivity contribution in [1.29, 1.82) is 0 Å². The second-order valence-corrected chi connectivity index (χ2v) is 6.33. The monoisotopic (exact) mass is 401 g/mol. The minimum absolute atomic E-state index is 0.0558. The molecular formula is C17H12BrN3O4. The summed E-state index contributed by atoms with van der Waals surface area (Å²) in [5.74, 6) is 0.331. The minimum atomic E-state index is -0.877. The zero-order valence-corrected chi connectivity index (χ0v) is 14.4. The van der Waals surface area contributed by atoms with Gasteiger partial charge in [-0.3, -0.25) is 4.79 Å². The van der Waals surface area contributed by atoms with Gasteiger partial charge in [-0.15, -0.1) is 10.2 Å². The van der Waals surface area contributed by atoms with Crippen molar-refractivity contribution < 1.29 is 19.4 Å². The van der Waals surface area contributed by atoms with Crippen molar-refractivity contribution in [1.82, 2.24) is 4.98 Å². The number of fused-ring (bicyclic) bond motifs is 2. The fraction of sp³-hybridized carbons (Fsp3) is 0.118. The molecule has 0 spiro atoms. The SMILES string of the molecule is O=C(N=Nc1c(O)[nH]c2ccc(Br)cc12)[C@@H]1COc2ccccc2O1. The quantitative estimate of drug-likeness (QED) is 0.632. The van der Waals surface area contributed by atoms with E-state index < -0.39 is 12.0 Å². The summed E-state index contributed by atoms with van der Waals surface area (Å²) in [5, 5.41) is 18.2. The van der Waals surface area contributed by atoms with Crippen LogP contribution in [0.1, 0.15) is 0 Å². The number of carbonyl (C=O) groups is 1. The Balaban J connectivity index is 1.57. The number of para-hydroxylation sites is 2. The maximum absolute atomic E-state index is 12.3. The Morgan fingerprint density at radius 1 is 1.24 bits per heavy atom. The number of aromatic hydroxyl groups is 1. The largest absolute Gasteiger partial charge is 0.493 e. The predicted molar refractivity (Wildman–Crippen MR) is 93.5 cm³/mol. The number of hydrogen-bond acceptors (Lipinski definition) is 5. The van der Waals surface area contributed by atoms with E-state index in [1.807, 2.05) is 12.1 Å². The molecule has 2 N–H and O–H groups in total. The Kier molecular flexibility index (Phi) is 3.89. The molecule has 1 aliphatic heterocycles. The van der Waals surface area contributed by atoms with Gasteiger partial charge in [0.1, 0.15) is 6.61 Å². The van der Waals surface area contributed by atoms with Gasteiger partial charge in [0.05, 0.1) is 5.52 Å². The Labute approximate surface area is 150 Å². The van der Waals surface area contributed by atoms with E-state index >= 15 is 0 Å². The number of carbonyl (C=O) groups excluding carboxylic acids is 1. The second kappa shape index (κ2) is 6.21. The first kappa shape index (κ1) is 15.6. The molecule has 7 nitrogen and oxygen atoms in total. The van der Waals surface area contributed by atoms with Gasteiger partial charge in [0.2, 0.25) is 12.0 Å². The fourth-order valence-corrected chi connectivity index (χ4v) is 2.90. The van der Waals surface area contributed by atoms with Crippen molar-refractivity contribution in [2.75, 3.05) is 6.61 Å². The Morgan fingerprint density at radius 3 is 2.88 bits per heavy atom. The lowest BCUT2D eigenvalue weighted by molar-refractivity contribution is -0.127. The maximum atomic E-state index is 12.3. The van der Waals surface area contributed by atoms with Crippen LogP contribution in [0, 0.1) is 0 Å². The van der Waals surface area contributed by atoms with Crippen LogP contribution in [0.2, 0.25) is 0 Å². The molecule has 0 radical (unpaired) electrons. The molecule has 0 saturated heterocycles. The van der Waals surface area contributed by atoms with Crippen LogP contribution in [-0.4, -0.2) is 28.7 Å². The molecule has 2 aromatic carbocycles. The number of halogens is 1. The Hall–Kier alpha value is -2.87. The molecule has 0 unspecified atom stereocenters. The average Bonchev–Trinajstić information content (AvgIpc) is 2.93. The molecule has 1 aliphatic rings. The summed E-state index contributed by atoms with van der Waals surface area (Å²) >= 11 is 3.36. The molecule has 0 fully saturated rings. The van der Waals surface area contributed by atoms with E-state index in [2.05, 4.69) is 31.1 Å². The van der Waals surface area contributed by atoms with Crippen molar-refractivity contribution in [3.05, 3.63) is 46.9 Å². The number of nitrogens with zero attached hydrogens (tertiary/aromatic N) is 2. The number of benzene rings is 2. The molecular weight excluding hydrogens is 390 g/mol. The van der Waals surface area contributed by atoms with Crippen molar-refractivity contribution in [3.63, 3.8) is 0 Å². The molecule has 0 aliphatic carbocycles. The first-order valence-corrected chi connectivity index (χ1v) is 8.25. The van der Waals surface area contributed by atoms with E-state index in [0.29, 0.717) is 22.4 Å². The van der Waals surface area contributed by atoms with Crippen LogP contribution in [0.15, 0.2) is 57.2 Å². The van der Waals surface area contributed by atoms with Crippen LogP contribution in [0.25, 0.3) is 10.9 Å². The number of rotatable bonds is 2. The lowest BCUT2D eigenvalue weighted by atomic mass is 10.2.